The van der Waals surface area contributed by atoms with Crippen LogP contribution < -0.4 is 61.3 Å². The fraction of sp³-hybridized carbons (Fsp3) is 0.600. The molecule has 0 aliphatic heterocycles. The maximum Gasteiger partial charge on any atom is 3.00 e. The maximum absolute atomic E-state index is 10.4. The van der Waals surface area contributed by atoms with Gasteiger partial charge in [-0.1, -0.05) is 0 Å². The number of carbonyl (C=O) groups excluding carboxylic acids is 12. The standard InChI is InChI=1S/3C10H16N2O8.4Ni/c3*13-7(14)3-11(4-8(15)16)1-2-12(5-9(17)18)6-10(19)20;;;;/h3*1-6H2,(H,13,14)(H,15,16)(H,17,18)(H,19,20);;;;/q;;;4*+3/p-12. The zero-order valence-electron chi connectivity index (χ0n) is 32.5. The van der Waals surface area contributed by atoms with Crippen LogP contribution in [0.3, 0.4) is 0 Å². The van der Waals surface area contributed by atoms with Crippen LogP contribution in [0.2, 0.25) is 0 Å². The van der Waals surface area contributed by atoms with E-state index in [1.54, 1.807) is 0 Å². The van der Waals surface area contributed by atoms with E-state index in [-0.39, 0.29) is 105 Å². The Kier molecular flexibility index (Phi) is 48.8. The number of carbonyl (C=O) groups is 12. The molecule has 0 aromatic rings. The summed E-state index contributed by atoms with van der Waals surface area (Å²) in [6.07, 6.45) is 0. The third-order valence-corrected chi connectivity index (χ3v) is 6.43. The molecule has 0 amide bonds. The van der Waals surface area contributed by atoms with Gasteiger partial charge in [0.2, 0.25) is 0 Å². The van der Waals surface area contributed by atoms with Gasteiger partial charge in [0, 0.05) is 118 Å². The average Bonchev–Trinajstić information content (AvgIpc) is 3.02. The van der Waals surface area contributed by atoms with E-state index in [9.17, 15) is 119 Å². The Morgan fingerprint density at radius 2 is 0.250 bits per heavy atom. The zero-order chi connectivity index (χ0) is 47.1. The summed E-state index contributed by atoms with van der Waals surface area (Å²) in [5, 5.41) is 125. The molecule has 0 unspecified atom stereocenters. The molecule has 0 saturated heterocycles. The first-order chi connectivity index (χ1) is 27.6. The maximum atomic E-state index is 10.4. The van der Waals surface area contributed by atoms with Crippen LogP contribution in [0, 0.1) is 0 Å². The second-order valence-electron chi connectivity index (χ2n) is 11.7. The van der Waals surface area contributed by atoms with Gasteiger partial charge in [0.1, 0.15) is 0 Å². The molecule has 0 spiro atoms. The van der Waals surface area contributed by atoms with Gasteiger partial charge in [-0.05, 0) is 0 Å². The van der Waals surface area contributed by atoms with Crippen molar-refractivity contribution in [2.75, 3.05) is 118 Å². The molecule has 0 heterocycles. The number of carboxylic acid groups (broad SMARTS) is 12. The number of hydrogen-bond donors (Lipinski definition) is 0. The molecule has 0 N–H and O–H groups in total. The molecule has 370 valence electrons. The summed E-state index contributed by atoms with van der Waals surface area (Å²) in [5.74, 6) is -18.4. The van der Waals surface area contributed by atoms with E-state index in [1.165, 1.54) is 0 Å². The molecule has 64 heavy (non-hydrogen) atoms. The van der Waals surface area contributed by atoms with Crippen LogP contribution in [0.4, 0.5) is 0 Å². The summed E-state index contributed by atoms with van der Waals surface area (Å²) in [6, 6.07) is 0. The van der Waals surface area contributed by atoms with Crippen LogP contribution in [-0.4, -0.2) is 219 Å². The van der Waals surface area contributed by atoms with E-state index in [2.05, 4.69) is 0 Å². The van der Waals surface area contributed by atoms with Crippen molar-refractivity contribution in [3.05, 3.63) is 0 Å². The summed E-state index contributed by atoms with van der Waals surface area (Å²) < 4.78 is 0. The van der Waals surface area contributed by atoms with Gasteiger partial charge in [-0.3, -0.25) is 29.4 Å². The summed E-state index contributed by atoms with van der Waals surface area (Å²) in [5.41, 5.74) is 0. The summed E-state index contributed by atoms with van der Waals surface area (Å²) in [7, 11) is 0. The van der Waals surface area contributed by atoms with Crippen molar-refractivity contribution >= 4 is 71.6 Å². The third kappa shape index (κ3) is 53.5. The molecule has 0 aliphatic carbocycles. The molecule has 0 saturated carbocycles. The molecule has 0 aliphatic rings. The monoisotopic (exact) mass is 1100 g/mol. The predicted octanol–water partition coefficient (Wildman–Crippen LogP) is -22.2. The molecule has 0 bridgehead atoms. The van der Waals surface area contributed by atoms with Crippen molar-refractivity contribution in [1.82, 2.24) is 29.4 Å². The second kappa shape index (κ2) is 42.3. The molecule has 0 rings (SSSR count). The summed E-state index contributed by atoms with van der Waals surface area (Å²) >= 11 is 0. The fourth-order valence-corrected chi connectivity index (χ4v) is 4.32. The van der Waals surface area contributed by atoms with E-state index in [4.69, 9.17) is 0 Å². The van der Waals surface area contributed by atoms with Gasteiger partial charge < -0.3 is 119 Å². The first kappa shape index (κ1) is 73.8. The van der Waals surface area contributed by atoms with Crippen LogP contribution >= 0.6 is 0 Å². The molecule has 0 atom stereocenters. The molecule has 0 aromatic heterocycles. The predicted molar refractivity (Wildman–Crippen MR) is 159 cm³/mol. The Morgan fingerprint density at radius 1 is 0.188 bits per heavy atom. The van der Waals surface area contributed by atoms with Crippen LogP contribution in [0.1, 0.15) is 0 Å². The van der Waals surface area contributed by atoms with Crippen LogP contribution in [0.15, 0.2) is 0 Å². The summed E-state index contributed by atoms with van der Waals surface area (Å²) in [6.45, 7) is -9.75. The number of nitrogens with zero attached hydrogens (tertiary/aromatic N) is 6. The second-order valence-corrected chi connectivity index (χ2v) is 11.7. The Balaban J connectivity index is -0.000000148. The average molecular weight is 1100 g/mol. The molecule has 0 fully saturated rings. The van der Waals surface area contributed by atoms with Gasteiger partial charge in [0.25, 0.3) is 0 Å². The van der Waals surface area contributed by atoms with Crippen LogP contribution in [0.25, 0.3) is 0 Å². The van der Waals surface area contributed by atoms with E-state index in [1.807, 2.05) is 0 Å². The minimum Gasteiger partial charge on any atom is -0.549 e. The number of aliphatic carboxylic acids is 12. The smallest absolute Gasteiger partial charge is 0.549 e. The first-order valence-corrected chi connectivity index (χ1v) is 16.3. The van der Waals surface area contributed by atoms with E-state index >= 15 is 0 Å². The van der Waals surface area contributed by atoms with Crippen LogP contribution in [0.5, 0.6) is 0 Å². The minimum atomic E-state index is -1.53. The fourth-order valence-electron chi connectivity index (χ4n) is 4.32. The normalized spacial score (nSPS) is 10.0. The third-order valence-electron chi connectivity index (χ3n) is 6.43. The van der Waals surface area contributed by atoms with Gasteiger partial charge >= 0.3 is 66.0 Å². The summed E-state index contributed by atoms with van der Waals surface area (Å²) in [4.78, 5) is 130. The van der Waals surface area contributed by atoms with E-state index < -0.39 is 150 Å². The SMILES string of the molecule is O=C([O-])CN(CCN(CC(=O)[O-])CC(=O)[O-])CC(=O)[O-].O=C([O-])CN(CCN(CC(=O)[O-])CC(=O)[O-])CC(=O)[O-].O=C([O-])CN(CCN(CC(=O)[O-])CC(=O)[O-])CC(=O)[O-].[Ni+3].[Ni+3].[Ni+3].[Ni+3]. The number of carboxylic acids is 12. The van der Waals surface area contributed by atoms with E-state index in [0.29, 0.717) is 0 Å². The molecule has 4 radical (unpaired) electrons. The number of hydrogen-bond acceptors (Lipinski definition) is 30. The molecule has 34 heteroatoms. The quantitative estimate of drug-likeness (QED) is 0.0551. The van der Waals surface area contributed by atoms with Crippen molar-refractivity contribution < 1.29 is 185 Å². The van der Waals surface area contributed by atoms with Crippen LogP contribution in [-0.2, 0) is 124 Å². The Hall–Kier alpha value is -4.63. The Morgan fingerprint density at radius 3 is 0.297 bits per heavy atom. The van der Waals surface area contributed by atoms with E-state index in [0.717, 1.165) is 29.4 Å². The first-order valence-electron chi connectivity index (χ1n) is 16.3. The Labute approximate surface area is 402 Å². The van der Waals surface area contributed by atoms with Gasteiger partial charge in [-0.15, -0.1) is 0 Å². The van der Waals surface area contributed by atoms with Crippen molar-refractivity contribution in [2.24, 2.45) is 0 Å². The van der Waals surface area contributed by atoms with Crippen molar-refractivity contribution in [3.8, 4) is 0 Å². The van der Waals surface area contributed by atoms with Crippen molar-refractivity contribution in [2.45, 2.75) is 0 Å². The minimum absolute atomic E-state index is 0. The topological polar surface area (TPSA) is 501 Å². The molecule has 30 nitrogen and oxygen atoms in total. The van der Waals surface area contributed by atoms with Crippen molar-refractivity contribution in [1.29, 1.82) is 0 Å². The molecular weight excluding hydrogens is 1060 g/mol. The van der Waals surface area contributed by atoms with Gasteiger partial charge in [-0.25, -0.2) is 0 Å². The molecular formula is C30H36N6Ni4O24. The molecule has 0 aromatic carbocycles. The van der Waals surface area contributed by atoms with Gasteiger partial charge in [0.05, 0.1) is 71.6 Å². The Bertz CT molecular complexity index is 1140. The van der Waals surface area contributed by atoms with Gasteiger partial charge in [-0.2, -0.15) is 0 Å². The van der Waals surface area contributed by atoms with Gasteiger partial charge in [0.15, 0.2) is 0 Å². The van der Waals surface area contributed by atoms with Crippen molar-refractivity contribution in [3.63, 3.8) is 0 Å². The largest absolute Gasteiger partial charge is 3.00 e. The number of rotatable bonds is 33. The zero-order valence-corrected chi connectivity index (χ0v) is 36.4.